The molecule has 0 N–H and O–H groups in total. The third-order valence-electron chi connectivity index (χ3n) is 5.66. The Bertz CT molecular complexity index is 906. The van der Waals surface area contributed by atoms with Crippen LogP contribution in [0, 0.1) is 23.7 Å². The molecule has 1 fully saturated rings. The van der Waals surface area contributed by atoms with Crippen LogP contribution in [0.15, 0.2) is 72.8 Å². The summed E-state index contributed by atoms with van der Waals surface area (Å²) in [6.07, 6.45) is 3.82. The summed E-state index contributed by atoms with van der Waals surface area (Å²) in [7, 11) is 0. The molecular formula is C22H16O2. The molecule has 0 radical (unpaired) electrons. The Hall–Kier alpha value is -2.74. The van der Waals surface area contributed by atoms with E-state index in [1.54, 1.807) is 6.08 Å². The van der Waals surface area contributed by atoms with Gasteiger partial charge in [0.25, 0.3) is 0 Å². The molecule has 2 aromatic rings. The zero-order valence-electron chi connectivity index (χ0n) is 13.1. The summed E-state index contributed by atoms with van der Waals surface area (Å²) >= 11 is 0. The minimum atomic E-state index is -0.250. The van der Waals surface area contributed by atoms with Crippen molar-refractivity contribution in [3.8, 4) is 0 Å². The van der Waals surface area contributed by atoms with E-state index in [2.05, 4.69) is 12.1 Å². The second-order valence-electron chi connectivity index (χ2n) is 6.81. The van der Waals surface area contributed by atoms with E-state index >= 15 is 0 Å². The number of fused-ring (bicyclic) bond motifs is 5. The standard InChI is InChI=1S/C22H16O2/c23-18-12-16(14-9-5-2-6-10-14)20-19(18)17-11-15(21(20)22(17)24)13-7-3-1-4-8-13/h1-12,17,19-21H/t17-,19-,20+,21+/m0/s1. The molecule has 4 atom stereocenters. The lowest BCUT2D eigenvalue weighted by molar-refractivity contribution is -0.124. The van der Waals surface area contributed by atoms with Gasteiger partial charge in [0, 0.05) is 17.8 Å². The van der Waals surface area contributed by atoms with Crippen molar-refractivity contribution in [3.63, 3.8) is 0 Å². The van der Waals surface area contributed by atoms with E-state index in [9.17, 15) is 9.59 Å². The molecule has 3 aliphatic rings. The first kappa shape index (κ1) is 13.7. The number of rotatable bonds is 2. The average Bonchev–Trinajstić information content (AvgIpc) is 3.24. The van der Waals surface area contributed by atoms with E-state index in [1.165, 1.54) is 0 Å². The van der Waals surface area contributed by atoms with Crippen molar-refractivity contribution in [3.05, 3.63) is 83.9 Å². The maximum absolute atomic E-state index is 12.9. The van der Waals surface area contributed by atoms with Crippen LogP contribution in [0.4, 0.5) is 0 Å². The van der Waals surface area contributed by atoms with Gasteiger partial charge in [0.05, 0.1) is 5.92 Å². The molecular weight excluding hydrogens is 296 g/mol. The molecule has 2 aromatic carbocycles. The van der Waals surface area contributed by atoms with Crippen LogP contribution in [0.25, 0.3) is 11.1 Å². The van der Waals surface area contributed by atoms with Gasteiger partial charge in [-0.2, -0.15) is 0 Å². The van der Waals surface area contributed by atoms with Gasteiger partial charge in [-0.25, -0.2) is 0 Å². The maximum atomic E-state index is 12.9. The minimum Gasteiger partial charge on any atom is -0.298 e. The first-order chi connectivity index (χ1) is 11.8. The highest BCUT2D eigenvalue weighted by Crippen LogP contribution is 2.59. The highest BCUT2D eigenvalue weighted by Gasteiger charge is 2.60. The van der Waals surface area contributed by atoms with Crippen LogP contribution in [0.5, 0.6) is 0 Å². The van der Waals surface area contributed by atoms with E-state index in [0.717, 1.165) is 22.3 Å². The highest BCUT2D eigenvalue weighted by molar-refractivity contribution is 6.16. The molecule has 116 valence electrons. The van der Waals surface area contributed by atoms with Crippen LogP contribution in [-0.2, 0) is 9.59 Å². The molecule has 2 heteroatoms. The summed E-state index contributed by atoms with van der Waals surface area (Å²) in [5.41, 5.74) is 4.30. The Kier molecular flexibility index (Phi) is 2.78. The summed E-state index contributed by atoms with van der Waals surface area (Å²) in [5.74, 6) is -0.287. The minimum absolute atomic E-state index is 0.00222. The first-order valence-electron chi connectivity index (χ1n) is 8.37. The summed E-state index contributed by atoms with van der Waals surface area (Å²) < 4.78 is 0. The normalized spacial score (nSPS) is 30.3. The number of hydrogen-bond acceptors (Lipinski definition) is 2. The topological polar surface area (TPSA) is 34.1 Å². The van der Waals surface area contributed by atoms with Gasteiger partial charge in [-0.3, -0.25) is 9.59 Å². The number of Topliss-reactive ketones (excluding diaryl/α,β-unsaturated/α-hetero) is 1. The Balaban J connectivity index is 1.63. The molecule has 2 bridgehead atoms. The van der Waals surface area contributed by atoms with Crippen LogP contribution in [-0.4, -0.2) is 11.6 Å². The van der Waals surface area contributed by atoms with Gasteiger partial charge in [-0.05, 0) is 28.3 Å². The van der Waals surface area contributed by atoms with Gasteiger partial charge in [-0.15, -0.1) is 0 Å². The van der Waals surface area contributed by atoms with Crippen molar-refractivity contribution in [1.82, 2.24) is 0 Å². The fraction of sp³-hybridized carbons (Fsp3) is 0.182. The number of ketones is 2. The number of carbonyl (C=O) groups excluding carboxylic acids is 2. The predicted molar refractivity (Wildman–Crippen MR) is 92.8 cm³/mol. The zero-order chi connectivity index (χ0) is 16.3. The molecule has 0 unspecified atom stereocenters. The first-order valence-corrected chi connectivity index (χ1v) is 8.37. The van der Waals surface area contributed by atoms with E-state index < -0.39 is 0 Å². The number of benzene rings is 2. The van der Waals surface area contributed by atoms with Crippen LogP contribution in [0.2, 0.25) is 0 Å². The second-order valence-corrected chi connectivity index (χ2v) is 6.81. The smallest absolute Gasteiger partial charge is 0.160 e. The van der Waals surface area contributed by atoms with Gasteiger partial charge in [-0.1, -0.05) is 66.7 Å². The van der Waals surface area contributed by atoms with Crippen molar-refractivity contribution in [2.45, 2.75) is 0 Å². The summed E-state index contributed by atoms with van der Waals surface area (Å²) in [6, 6.07) is 20.1. The third kappa shape index (κ3) is 1.71. The molecule has 0 spiro atoms. The van der Waals surface area contributed by atoms with Crippen molar-refractivity contribution >= 4 is 22.7 Å². The number of allylic oxidation sites excluding steroid dienone is 4. The van der Waals surface area contributed by atoms with Gasteiger partial charge in [0.15, 0.2) is 5.78 Å². The van der Waals surface area contributed by atoms with Crippen molar-refractivity contribution < 1.29 is 9.59 Å². The predicted octanol–water partition coefficient (Wildman–Crippen LogP) is 3.80. The number of carbonyl (C=O) groups is 2. The third-order valence-corrected chi connectivity index (χ3v) is 5.66. The van der Waals surface area contributed by atoms with Gasteiger partial charge in [0.1, 0.15) is 5.78 Å². The fourth-order valence-electron chi connectivity index (χ4n) is 4.71. The Morgan fingerprint density at radius 1 is 0.667 bits per heavy atom. The molecule has 0 aliphatic heterocycles. The molecule has 0 heterocycles. The zero-order valence-corrected chi connectivity index (χ0v) is 13.1. The highest BCUT2D eigenvalue weighted by atomic mass is 16.1. The lowest BCUT2D eigenvalue weighted by atomic mass is 9.75. The van der Waals surface area contributed by atoms with Crippen molar-refractivity contribution in [1.29, 1.82) is 0 Å². The number of hydrogen-bond donors (Lipinski definition) is 0. The van der Waals surface area contributed by atoms with E-state index in [-0.39, 0.29) is 35.2 Å². The summed E-state index contributed by atoms with van der Waals surface area (Å²) in [4.78, 5) is 25.4. The summed E-state index contributed by atoms with van der Waals surface area (Å²) in [5, 5.41) is 0. The fourth-order valence-corrected chi connectivity index (χ4v) is 4.71. The SMILES string of the molecule is O=C1C=C(c2ccccc2)[C@H]2[C@@H]3C(=O)[C@@H](C=C3c3ccccc3)[C@@H]12. The van der Waals surface area contributed by atoms with E-state index in [4.69, 9.17) is 0 Å². The van der Waals surface area contributed by atoms with Crippen LogP contribution >= 0.6 is 0 Å². The van der Waals surface area contributed by atoms with Gasteiger partial charge < -0.3 is 0 Å². The monoisotopic (exact) mass is 312 g/mol. The average molecular weight is 312 g/mol. The van der Waals surface area contributed by atoms with Crippen LogP contribution in [0.3, 0.4) is 0 Å². The Labute approximate surface area is 140 Å². The lowest BCUT2D eigenvalue weighted by Crippen LogP contribution is -2.23. The van der Waals surface area contributed by atoms with Crippen LogP contribution < -0.4 is 0 Å². The molecule has 3 aliphatic carbocycles. The lowest BCUT2D eigenvalue weighted by Gasteiger charge is -2.26. The molecule has 2 nitrogen and oxygen atoms in total. The molecule has 0 amide bonds. The van der Waals surface area contributed by atoms with Crippen LogP contribution in [0.1, 0.15) is 11.1 Å². The van der Waals surface area contributed by atoms with E-state index in [0.29, 0.717) is 0 Å². The summed E-state index contributed by atoms with van der Waals surface area (Å²) in [6.45, 7) is 0. The van der Waals surface area contributed by atoms with Crippen molar-refractivity contribution in [2.24, 2.45) is 23.7 Å². The maximum Gasteiger partial charge on any atom is 0.160 e. The van der Waals surface area contributed by atoms with E-state index in [1.807, 2.05) is 54.6 Å². The largest absolute Gasteiger partial charge is 0.298 e. The van der Waals surface area contributed by atoms with Gasteiger partial charge >= 0.3 is 0 Å². The molecule has 5 rings (SSSR count). The molecule has 1 saturated carbocycles. The Morgan fingerprint density at radius 2 is 1.25 bits per heavy atom. The molecule has 0 aromatic heterocycles. The van der Waals surface area contributed by atoms with Crippen molar-refractivity contribution in [2.75, 3.05) is 0 Å². The Morgan fingerprint density at radius 3 is 1.88 bits per heavy atom. The molecule has 24 heavy (non-hydrogen) atoms. The molecule has 0 saturated heterocycles. The van der Waals surface area contributed by atoms with Gasteiger partial charge in [0.2, 0.25) is 0 Å². The quantitative estimate of drug-likeness (QED) is 0.845. The second kappa shape index (κ2) is 4.88.